The van der Waals surface area contributed by atoms with Crippen LogP contribution >= 0.6 is 11.3 Å². The van der Waals surface area contributed by atoms with E-state index < -0.39 is 5.60 Å². The average Bonchev–Trinajstić information content (AvgIpc) is 2.90. The van der Waals surface area contributed by atoms with E-state index in [1.807, 2.05) is 31.5 Å². The molecule has 2 aromatic heterocycles. The zero-order valence-electron chi connectivity index (χ0n) is 15.2. The Morgan fingerprint density at radius 1 is 1.40 bits per heavy atom. The molecule has 2 N–H and O–H groups in total. The predicted octanol–water partition coefficient (Wildman–Crippen LogP) is 2.22. The maximum atomic E-state index is 12.6. The molecule has 1 aliphatic carbocycles. The number of hydrogen-bond donors (Lipinski definition) is 2. The van der Waals surface area contributed by atoms with Gasteiger partial charge in [-0.25, -0.2) is 4.98 Å². The summed E-state index contributed by atoms with van der Waals surface area (Å²) in [6.07, 6.45) is 5.32. The minimum atomic E-state index is -0.638. The lowest BCUT2D eigenvalue weighted by atomic mass is 9.77. The van der Waals surface area contributed by atoms with E-state index in [1.54, 1.807) is 13.2 Å². The highest BCUT2D eigenvalue weighted by Crippen LogP contribution is 2.32. The van der Waals surface area contributed by atoms with E-state index in [-0.39, 0.29) is 11.9 Å². The number of nitrogens with one attached hydrogen (secondary N) is 1. The zero-order chi connectivity index (χ0) is 18.2. The Morgan fingerprint density at radius 3 is 2.68 bits per heavy atom. The van der Waals surface area contributed by atoms with Crippen molar-refractivity contribution >= 4 is 27.6 Å². The van der Waals surface area contributed by atoms with Crippen molar-refractivity contribution in [1.82, 2.24) is 14.9 Å². The lowest BCUT2D eigenvalue weighted by Gasteiger charge is -2.36. The summed E-state index contributed by atoms with van der Waals surface area (Å²) in [4.78, 5) is 22.1. The van der Waals surface area contributed by atoms with Crippen molar-refractivity contribution in [2.24, 2.45) is 18.0 Å². The topological polar surface area (TPSA) is 79.5 Å². The van der Waals surface area contributed by atoms with Crippen molar-refractivity contribution in [2.75, 3.05) is 7.05 Å². The van der Waals surface area contributed by atoms with E-state index in [0.717, 1.165) is 40.8 Å². The number of carbonyl (C=O) groups is 1. The first-order valence-corrected chi connectivity index (χ1v) is 9.53. The molecular formula is C18H26N4O2S. The van der Waals surface area contributed by atoms with E-state index >= 15 is 0 Å². The minimum Gasteiger partial charge on any atom is -0.390 e. The number of aromatic nitrogens is 2. The molecule has 25 heavy (non-hydrogen) atoms. The number of nitrogens with zero attached hydrogens (tertiary/aromatic N) is 3. The van der Waals surface area contributed by atoms with E-state index in [4.69, 9.17) is 0 Å². The van der Waals surface area contributed by atoms with Gasteiger partial charge in [-0.1, -0.05) is 11.3 Å². The molecular weight excluding hydrogens is 336 g/mol. The van der Waals surface area contributed by atoms with E-state index in [9.17, 15) is 9.90 Å². The molecule has 0 atom stereocenters. The Hall–Kier alpha value is -1.73. The molecule has 0 aliphatic heterocycles. The summed E-state index contributed by atoms with van der Waals surface area (Å²) in [5.74, 6) is 0.230. The van der Waals surface area contributed by atoms with Crippen LogP contribution in [0.15, 0.2) is 17.3 Å². The number of carbonyl (C=O) groups excluding carboxylic acids is 1. The van der Waals surface area contributed by atoms with Gasteiger partial charge in [-0.15, -0.1) is 0 Å². The Labute approximate surface area is 151 Å². The molecule has 7 heteroatoms. The molecule has 1 fully saturated rings. The normalized spacial score (nSPS) is 22.4. The van der Waals surface area contributed by atoms with Crippen LogP contribution in [-0.4, -0.2) is 39.3 Å². The Morgan fingerprint density at radius 2 is 2.08 bits per heavy atom. The van der Waals surface area contributed by atoms with Crippen LogP contribution in [0.1, 0.15) is 49.9 Å². The molecule has 1 saturated carbocycles. The predicted molar refractivity (Wildman–Crippen MR) is 99.6 cm³/mol. The first-order valence-electron chi connectivity index (χ1n) is 8.71. The van der Waals surface area contributed by atoms with Gasteiger partial charge in [-0.05, 0) is 51.5 Å². The van der Waals surface area contributed by atoms with Crippen LogP contribution in [0.3, 0.4) is 0 Å². The lowest BCUT2D eigenvalue weighted by molar-refractivity contribution is -0.00257. The molecule has 1 amide bonds. The summed E-state index contributed by atoms with van der Waals surface area (Å²) < 4.78 is 2.89. The molecule has 6 nitrogen and oxygen atoms in total. The third kappa shape index (κ3) is 3.77. The van der Waals surface area contributed by atoms with Gasteiger partial charge >= 0.3 is 0 Å². The first kappa shape index (κ1) is 18.1. The Bertz CT molecular complexity index is 839. The van der Waals surface area contributed by atoms with Gasteiger partial charge in [-0.3, -0.25) is 9.79 Å². The van der Waals surface area contributed by atoms with Crippen molar-refractivity contribution in [3.63, 3.8) is 0 Å². The number of thiazole rings is 1. The smallest absolute Gasteiger partial charge is 0.253 e. The van der Waals surface area contributed by atoms with Gasteiger partial charge in [0.15, 0.2) is 10.4 Å². The summed E-state index contributed by atoms with van der Waals surface area (Å²) in [5.41, 5.74) is 0.787. The third-order valence-corrected chi connectivity index (χ3v) is 6.31. The second kappa shape index (κ2) is 6.88. The molecule has 0 saturated heterocycles. The SMILES string of the molecule is CN=c1sc2cc(C(=O)NC3CCC(C(C)(C)O)CC3)cnc2n1C. The Kier molecular flexibility index (Phi) is 4.97. The fourth-order valence-electron chi connectivity index (χ4n) is 3.55. The monoisotopic (exact) mass is 362 g/mol. The highest BCUT2D eigenvalue weighted by atomic mass is 32.1. The molecule has 2 heterocycles. The molecule has 0 radical (unpaired) electrons. The summed E-state index contributed by atoms with van der Waals surface area (Å²) in [5, 5.41) is 13.3. The van der Waals surface area contributed by atoms with E-state index in [1.165, 1.54) is 11.3 Å². The lowest BCUT2D eigenvalue weighted by Crippen LogP contribution is -2.41. The molecule has 2 aromatic rings. The van der Waals surface area contributed by atoms with Crippen LogP contribution < -0.4 is 10.1 Å². The van der Waals surface area contributed by atoms with Crippen molar-refractivity contribution in [1.29, 1.82) is 0 Å². The zero-order valence-corrected chi connectivity index (χ0v) is 16.1. The van der Waals surface area contributed by atoms with Gasteiger partial charge in [-0.2, -0.15) is 0 Å². The van der Waals surface area contributed by atoms with Gasteiger partial charge in [0.1, 0.15) is 0 Å². The van der Waals surface area contributed by atoms with Crippen LogP contribution in [0.4, 0.5) is 0 Å². The van der Waals surface area contributed by atoms with E-state index in [2.05, 4.69) is 15.3 Å². The maximum absolute atomic E-state index is 12.6. The molecule has 0 unspecified atom stereocenters. The highest BCUT2D eigenvalue weighted by molar-refractivity contribution is 7.16. The number of rotatable bonds is 3. The number of pyridine rings is 1. The molecule has 136 valence electrons. The van der Waals surface area contributed by atoms with Crippen molar-refractivity contribution in [2.45, 2.75) is 51.2 Å². The van der Waals surface area contributed by atoms with Crippen molar-refractivity contribution < 1.29 is 9.90 Å². The average molecular weight is 362 g/mol. The fraction of sp³-hybridized carbons (Fsp3) is 0.611. The fourth-order valence-corrected chi connectivity index (χ4v) is 4.53. The van der Waals surface area contributed by atoms with Crippen LogP contribution in [0.25, 0.3) is 10.3 Å². The molecule has 3 rings (SSSR count). The number of hydrogen-bond acceptors (Lipinski definition) is 5. The minimum absolute atomic E-state index is 0.0767. The van der Waals surface area contributed by atoms with Crippen molar-refractivity contribution in [3.05, 3.63) is 22.6 Å². The van der Waals surface area contributed by atoms with Gasteiger partial charge in [0.05, 0.1) is 15.9 Å². The summed E-state index contributed by atoms with van der Waals surface area (Å²) in [7, 11) is 3.68. The van der Waals surface area contributed by atoms with Gasteiger partial charge in [0, 0.05) is 26.3 Å². The molecule has 0 spiro atoms. The largest absolute Gasteiger partial charge is 0.390 e. The van der Waals surface area contributed by atoms with Crippen LogP contribution in [0, 0.1) is 5.92 Å². The third-order valence-electron chi connectivity index (χ3n) is 5.15. The number of amides is 1. The van der Waals surface area contributed by atoms with Crippen LogP contribution in [0.5, 0.6) is 0 Å². The number of aliphatic hydroxyl groups is 1. The van der Waals surface area contributed by atoms with Crippen LogP contribution in [-0.2, 0) is 7.05 Å². The highest BCUT2D eigenvalue weighted by Gasteiger charge is 2.31. The van der Waals surface area contributed by atoms with E-state index in [0.29, 0.717) is 11.5 Å². The number of aryl methyl sites for hydroxylation is 1. The Balaban J connectivity index is 1.69. The van der Waals surface area contributed by atoms with Crippen LogP contribution in [0.2, 0.25) is 0 Å². The first-order chi connectivity index (χ1) is 11.8. The molecule has 0 bridgehead atoms. The maximum Gasteiger partial charge on any atom is 0.253 e. The van der Waals surface area contributed by atoms with Gasteiger partial charge in [0.2, 0.25) is 0 Å². The summed E-state index contributed by atoms with van der Waals surface area (Å²) in [6, 6.07) is 2.06. The van der Waals surface area contributed by atoms with Gasteiger partial charge < -0.3 is 15.0 Å². The summed E-state index contributed by atoms with van der Waals surface area (Å²) in [6.45, 7) is 3.74. The molecule has 1 aliphatic rings. The standard InChI is InChI=1S/C18H26N4O2S/c1-18(2,24)12-5-7-13(8-6-12)21-16(23)11-9-14-15(20-10-11)22(4)17(19-3)25-14/h9-10,12-13,24H,5-8H2,1-4H3,(H,21,23). The second-order valence-electron chi connectivity index (χ2n) is 7.39. The number of fused-ring (bicyclic) bond motifs is 1. The van der Waals surface area contributed by atoms with Crippen molar-refractivity contribution in [3.8, 4) is 0 Å². The quantitative estimate of drug-likeness (QED) is 0.879. The summed E-state index contributed by atoms with van der Waals surface area (Å²) >= 11 is 1.53. The molecule has 0 aromatic carbocycles. The second-order valence-corrected chi connectivity index (χ2v) is 8.40. The van der Waals surface area contributed by atoms with Gasteiger partial charge in [0.25, 0.3) is 5.91 Å².